The molecule has 2 heterocycles. The first-order chi connectivity index (χ1) is 7.20. The quantitative estimate of drug-likeness (QED) is 0.782. The van der Waals surface area contributed by atoms with Crippen molar-refractivity contribution in [1.29, 1.82) is 0 Å². The minimum atomic E-state index is -0.128. The highest BCUT2D eigenvalue weighted by Crippen LogP contribution is 2.16. The Bertz CT molecular complexity index is 364. The first-order valence-corrected chi connectivity index (χ1v) is 5.81. The van der Waals surface area contributed by atoms with E-state index in [9.17, 15) is 4.79 Å². The number of thiazole rings is 1. The van der Waals surface area contributed by atoms with Crippen LogP contribution < -0.4 is 5.32 Å². The van der Waals surface area contributed by atoms with Crippen LogP contribution in [0.4, 0.5) is 0 Å². The Kier molecular flexibility index (Phi) is 3.14. The minimum absolute atomic E-state index is 0.0823. The Balaban J connectivity index is 2.03. The van der Waals surface area contributed by atoms with Gasteiger partial charge in [-0.2, -0.15) is 0 Å². The number of aromatic nitrogens is 1. The first kappa shape index (κ1) is 10.7. The van der Waals surface area contributed by atoms with Crippen molar-refractivity contribution in [3.8, 4) is 0 Å². The highest BCUT2D eigenvalue weighted by molar-refractivity contribution is 7.09. The van der Waals surface area contributed by atoms with Crippen molar-refractivity contribution in [2.75, 3.05) is 13.7 Å². The molecule has 2 atom stereocenters. The van der Waals surface area contributed by atoms with Crippen LogP contribution in [0, 0.1) is 6.92 Å². The average Bonchev–Trinajstić information content (AvgIpc) is 2.84. The molecule has 1 aromatic heterocycles. The van der Waals surface area contributed by atoms with Crippen LogP contribution in [0.1, 0.15) is 21.9 Å². The molecule has 0 radical (unpaired) electrons. The molecule has 0 bridgehead atoms. The zero-order valence-electron chi connectivity index (χ0n) is 8.82. The van der Waals surface area contributed by atoms with Crippen LogP contribution in [0.3, 0.4) is 0 Å². The number of rotatable bonds is 3. The number of Topliss-reactive ketones (excluding diaryl/α,β-unsaturated/α-hetero) is 1. The molecule has 1 aliphatic heterocycles. The second-order valence-corrected chi connectivity index (χ2v) is 4.73. The van der Waals surface area contributed by atoms with Gasteiger partial charge in [-0.15, -0.1) is 11.3 Å². The van der Waals surface area contributed by atoms with E-state index in [2.05, 4.69) is 10.3 Å². The molecular formula is C10H14N2O2S. The zero-order valence-corrected chi connectivity index (χ0v) is 9.63. The standard InChI is InChI=1S/C10H14N2O2S/c1-6-12-9(5-15-6)10(13)8-3-7(14-2)4-11-8/h5,7-8,11H,3-4H2,1-2H3. The van der Waals surface area contributed by atoms with Gasteiger partial charge < -0.3 is 10.1 Å². The predicted molar refractivity (Wildman–Crippen MR) is 58.4 cm³/mol. The molecule has 1 aliphatic rings. The second kappa shape index (κ2) is 4.38. The molecule has 0 saturated carbocycles. The number of nitrogens with zero attached hydrogens (tertiary/aromatic N) is 1. The summed E-state index contributed by atoms with van der Waals surface area (Å²) in [5, 5.41) is 5.90. The summed E-state index contributed by atoms with van der Waals surface area (Å²) in [6, 6.07) is -0.128. The highest BCUT2D eigenvalue weighted by atomic mass is 32.1. The SMILES string of the molecule is COC1CNC(C(=O)c2csc(C)n2)C1. The Morgan fingerprint density at radius 3 is 3.07 bits per heavy atom. The minimum Gasteiger partial charge on any atom is -0.380 e. The number of methoxy groups -OCH3 is 1. The van der Waals surface area contributed by atoms with Gasteiger partial charge in [0.15, 0.2) is 5.78 Å². The average molecular weight is 226 g/mol. The molecule has 1 aromatic rings. The molecule has 4 nitrogen and oxygen atoms in total. The summed E-state index contributed by atoms with van der Waals surface area (Å²) in [5.74, 6) is 0.0823. The van der Waals surface area contributed by atoms with Crippen LogP contribution >= 0.6 is 11.3 Å². The predicted octanol–water partition coefficient (Wildman–Crippen LogP) is 1.01. The third-order valence-corrected chi connectivity index (χ3v) is 3.39. The molecule has 0 aromatic carbocycles. The molecule has 0 spiro atoms. The van der Waals surface area contributed by atoms with Crippen LogP contribution in [0.2, 0.25) is 0 Å². The number of ether oxygens (including phenoxy) is 1. The molecule has 82 valence electrons. The number of hydrogen-bond donors (Lipinski definition) is 1. The van der Waals surface area contributed by atoms with Crippen LogP contribution in [0.5, 0.6) is 0 Å². The van der Waals surface area contributed by atoms with Crippen molar-refractivity contribution in [3.63, 3.8) is 0 Å². The fraction of sp³-hybridized carbons (Fsp3) is 0.600. The monoisotopic (exact) mass is 226 g/mol. The maximum Gasteiger partial charge on any atom is 0.198 e. The zero-order chi connectivity index (χ0) is 10.8. The van der Waals surface area contributed by atoms with Crippen molar-refractivity contribution in [2.24, 2.45) is 0 Å². The molecule has 1 fully saturated rings. The topological polar surface area (TPSA) is 51.2 Å². The van der Waals surface area contributed by atoms with Crippen molar-refractivity contribution >= 4 is 17.1 Å². The van der Waals surface area contributed by atoms with Gasteiger partial charge >= 0.3 is 0 Å². The third-order valence-electron chi connectivity index (χ3n) is 2.61. The maximum atomic E-state index is 11.9. The molecule has 2 rings (SSSR count). The van der Waals surface area contributed by atoms with Gasteiger partial charge in [-0.05, 0) is 13.3 Å². The lowest BCUT2D eigenvalue weighted by atomic mass is 10.1. The van der Waals surface area contributed by atoms with Gasteiger partial charge in [-0.1, -0.05) is 0 Å². The van der Waals surface area contributed by atoms with Crippen LogP contribution in [0.25, 0.3) is 0 Å². The van der Waals surface area contributed by atoms with Gasteiger partial charge in [-0.25, -0.2) is 4.98 Å². The Morgan fingerprint density at radius 1 is 1.73 bits per heavy atom. The van der Waals surface area contributed by atoms with Crippen LogP contribution in [-0.2, 0) is 4.74 Å². The van der Waals surface area contributed by atoms with E-state index >= 15 is 0 Å². The molecule has 0 aliphatic carbocycles. The summed E-state index contributed by atoms with van der Waals surface area (Å²) in [5.41, 5.74) is 0.576. The van der Waals surface area contributed by atoms with E-state index in [-0.39, 0.29) is 17.9 Å². The Labute approximate surface area is 92.7 Å². The van der Waals surface area contributed by atoms with Crippen molar-refractivity contribution in [1.82, 2.24) is 10.3 Å². The number of nitrogens with one attached hydrogen (secondary N) is 1. The van der Waals surface area contributed by atoms with E-state index in [1.54, 1.807) is 7.11 Å². The highest BCUT2D eigenvalue weighted by Gasteiger charge is 2.30. The fourth-order valence-corrected chi connectivity index (χ4v) is 2.34. The summed E-state index contributed by atoms with van der Waals surface area (Å²) in [4.78, 5) is 16.1. The van der Waals surface area contributed by atoms with E-state index in [0.29, 0.717) is 5.69 Å². The van der Waals surface area contributed by atoms with Crippen LogP contribution in [-0.4, -0.2) is 36.6 Å². The van der Waals surface area contributed by atoms with E-state index < -0.39 is 0 Å². The third kappa shape index (κ3) is 2.25. The molecule has 1 saturated heterocycles. The van der Waals surface area contributed by atoms with E-state index in [4.69, 9.17) is 4.74 Å². The van der Waals surface area contributed by atoms with E-state index in [1.165, 1.54) is 11.3 Å². The lowest BCUT2D eigenvalue weighted by Crippen LogP contribution is -2.30. The van der Waals surface area contributed by atoms with Gasteiger partial charge in [0, 0.05) is 19.0 Å². The molecule has 1 N–H and O–H groups in total. The summed E-state index contributed by atoms with van der Waals surface area (Å²) in [6.45, 7) is 2.65. The van der Waals surface area contributed by atoms with Crippen molar-refractivity contribution in [3.05, 3.63) is 16.1 Å². The normalized spacial score (nSPS) is 25.7. The maximum absolute atomic E-state index is 11.9. The van der Waals surface area contributed by atoms with Crippen LogP contribution in [0.15, 0.2) is 5.38 Å². The summed E-state index contributed by atoms with van der Waals surface area (Å²) >= 11 is 1.51. The molecule has 2 unspecified atom stereocenters. The van der Waals surface area contributed by atoms with E-state index in [1.807, 2.05) is 12.3 Å². The number of ketones is 1. The number of carbonyl (C=O) groups excluding carboxylic acids is 1. The van der Waals surface area contributed by atoms with Crippen molar-refractivity contribution < 1.29 is 9.53 Å². The fourth-order valence-electron chi connectivity index (χ4n) is 1.74. The summed E-state index contributed by atoms with van der Waals surface area (Å²) in [6.07, 6.45) is 0.894. The van der Waals surface area contributed by atoms with Gasteiger partial charge in [0.2, 0.25) is 0 Å². The second-order valence-electron chi connectivity index (χ2n) is 3.67. The number of carbonyl (C=O) groups is 1. The summed E-state index contributed by atoms with van der Waals surface area (Å²) < 4.78 is 5.20. The smallest absolute Gasteiger partial charge is 0.198 e. The molecule has 15 heavy (non-hydrogen) atoms. The Hall–Kier alpha value is -0.780. The number of hydrogen-bond acceptors (Lipinski definition) is 5. The van der Waals surface area contributed by atoms with Gasteiger partial charge in [-0.3, -0.25) is 4.79 Å². The molecular weight excluding hydrogens is 212 g/mol. The van der Waals surface area contributed by atoms with E-state index in [0.717, 1.165) is 18.0 Å². The first-order valence-electron chi connectivity index (χ1n) is 4.93. The molecule has 0 amide bonds. The lowest BCUT2D eigenvalue weighted by Gasteiger charge is -2.06. The Morgan fingerprint density at radius 2 is 2.53 bits per heavy atom. The summed E-state index contributed by atoms with van der Waals surface area (Å²) in [7, 11) is 1.67. The van der Waals surface area contributed by atoms with Gasteiger partial charge in [0.1, 0.15) is 5.69 Å². The molecule has 5 heteroatoms. The largest absolute Gasteiger partial charge is 0.380 e. The van der Waals surface area contributed by atoms with Gasteiger partial charge in [0.05, 0.1) is 17.2 Å². The van der Waals surface area contributed by atoms with Crippen molar-refractivity contribution in [2.45, 2.75) is 25.5 Å². The van der Waals surface area contributed by atoms with Gasteiger partial charge in [0.25, 0.3) is 0 Å². The lowest BCUT2D eigenvalue weighted by molar-refractivity contribution is 0.0915. The number of aryl methyl sites for hydroxylation is 1.